The summed E-state index contributed by atoms with van der Waals surface area (Å²) in [5.41, 5.74) is 4.15. The molecule has 0 aromatic heterocycles. The molecule has 1 aromatic carbocycles. The highest BCUT2D eigenvalue weighted by Crippen LogP contribution is 2.43. The number of benzene rings is 1. The number of hydrogen-bond acceptors (Lipinski definition) is 4. The smallest absolute Gasteiger partial charge is 0.337 e. The zero-order valence-electron chi connectivity index (χ0n) is 16.2. The highest BCUT2D eigenvalue weighted by Gasteiger charge is 2.39. The minimum atomic E-state index is -0.338. The van der Waals surface area contributed by atoms with Gasteiger partial charge < -0.3 is 10.1 Å². The first-order valence-corrected chi connectivity index (χ1v) is 11.3. The molecule has 148 valence electrons. The summed E-state index contributed by atoms with van der Waals surface area (Å²) < 4.78 is 7.02. The standard InChI is InChI=1S/C23H26INO3/c1-14-20(23(27)28-17-9-3-2-4-10-17)21(15-7-5-8-16(24)13-15)22-18(25-14)11-6-12-19(22)26/h5,7-8,13,17,21,25H,2-4,6,9-12H2,1H3. The van der Waals surface area contributed by atoms with E-state index in [0.717, 1.165) is 64.6 Å². The first-order valence-electron chi connectivity index (χ1n) is 10.2. The van der Waals surface area contributed by atoms with E-state index in [1.54, 1.807) is 0 Å². The fourth-order valence-corrected chi connectivity index (χ4v) is 5.24. The third kappa shape index (κ3) is 3.91. The van der Waals surface area contributed by atoms with E-state index in [9.17, 15) is 9.59 Å². The molecule has 1 unspecified atom stereocenters. The van der Waals surface area contributed by atoms with Crippen molar-refractivity contribution in [3.05, 3.63) is 55.9 Å². The maximum absolute atomic E-state index is 13.3. The van der Waals surface area contributed by atoms with Crippen molar-refractivity contribution in [3.8, 4) is 0 Å². The third-order valence-corrected chi connectivity index (χ3v) is 6.67. The molecule has 4 rings (SSSR count). The maximum Gasteiger partial charge on any atom is 0.337 e. The molecule has 1 N–H and O–H groups in total. The topological polar surface area (TPSA) is 55.4 Å². The van der Waals surface area contributed by atoms with Crippen molar-refractivity contribution in [1.29, 1.82) is 0 Å². The number of carbonyl (C=O) groups is 2. The Morgan fingerprint density at radius 3 is 2.68 bits per heavy atom. The average Bonchev–Trinajstić information content (AvgIpc) is 2.68. The van der Waals surface area contributed by atoms with Gasteiger partial charge >= 0.3 is 5.97 Å². The Labute approximate surface area is 179 Å². The number of rotatable bonds is 3. The molecular weight excluding hydrogens is 465 g/mol. The van der Waals surface area contributed by atoms with Crippen LogP contribution in [0.4, 0.5) is 0 Å². The SMILES string of the molecule is CC1=C(C(=O)OC2CCCCC2)C(c2cccc(I)c2)C2=C(CCCC2=O)N1. The molecule has 1 heterocycles. The van der Waals surface area contributed by atoms with Crippen molar-refractivity contribution in [2.45, 2.75) is 70.3 Å². The lowest BCUT2D eigenvalue weighted by atomic mass is 9.75. The van der Waals surface area contributed by atoms with Crippen LogP contribution in [0.2, 0.25) is 0 Å². The number of Topliss-reactive ketones (excluding diaryl/α,β-unsaturated/α-hetero) is 1. The predicted molar refractivity (Wildman–Crippen MR) is 117 cm³/mol. The lowest BCUT2D eigenvalue weighted by molar-refractivity contribution is -0.146. The number of carbonyl (C=O) groups excluding carboxylic acids is 2. The zero-order chi connectivity index (χ0) is 19.7. The molecule has 1 aromatic rings. The summed E-state index contributed by atoms with van der Waals surface area (Å²) in [4.78, 5) is 26.2. The Morgan fingerprint density at radius 2 is 1.93 bits per heavy atom. The summed E-state index contributed by atoms with van der Waals surface area (Å²) in [7, 11) is 0. The van der Waals surface area contributed by atoms with Crippen LogP contribution in [0.5, 0.6) is 0 Å². The number of ketones is 1. The number of esters is 1. The summed E-state index contributed by atoms with van der Waals surface area (Å²) in [5.74, 6) is -0.464. The molecule has 2 aliphatic carbocycles. The number of allylic oxidation sites excluding steroid dienone is 3. The molecule has 28 heavy (non-hydrogen) atoms. The first-order chi connectivity index (χ1) is 13.5. The van der Waals surface area contributed by atoms with Gasteiger partial charge in [-0.25, -0.2) is 4.79 Å². The minimum absolute atomic E-state index is 0.00413. The van der Waals surface area contributed by atoms with Gasteiger partial charge in [-0.2, -0.15) is 0 Å². The van der Waals surface area contributed by atoms with Crippen molar-refractivity contribution in [2.75, 3.05) is 0 Å². The van der Waals surface area contributed by atoms with Gasteiger partial charge in [-0.05, 0) is 85.7 Å². The van der Waals surface area contributed by atoms with Gasteiger partial charge in [0.1, 0.15) is 6.10 Å². The molecule has 4 nitrogen and oxygen atoms in total. The first kappa shape index (κ1) is 19.7. The van der Waals surface area contributed by atoms with Crippen molar-refractivity contribution in [2.24, 2.45) is 0 Å². The average molecular weight is 491 g/mol. The number of hydrogen-bond donors (Lipinski definition) is 1. The summed E-state index contributed by atoms with van der Waals surface area (Å²) >= 11 is 2.28. The summed E-state index contributed by atoms with van der Waals surface area (Å²) in [5, 5.41) is 3.37. The van der Waals surface area contributed by atoms with Crippen LogP contribution in [0.25, 0.3) is 0 Å². The van der Waals surface area contributed by atoms with Crippen LogP contribution in [0, 0.1) is 3.57 Å². The lowest BCUT2D eigenvalue weighted by Crippen LogP contribution is -2.35. The Hall–Kier alpha value is -1.63. The molecule has 0 spiro atoms. The number of ether oxygens (including phenoxy) is 1. The van der Waals surface area contributed by atoms with E-state index < -0.39 is 0 Å². The van der Waals surface area contributed by atoms with Gasteiger partial charge in [0.2, 0.25) is 0 Å². The predicted octanol–water partition coefficient (Wildman–Crippen LogP) is 5.14. The van der Waals surface area contributed by atoms with Gasteiger partial charge in [0, 0.05) is 32.9 Å². The zero-order valence-corrected chi connectivity index (χ0v) is 18.4. The Balaban J connectivity index is 1.74. The number of dihydropyridines is 1. The van der Waals surface area contributed by atoms with Gasteiger partial charge in [-0.1, -0.05) is 18.6 Å². The van der Waals surface area contributed by atoms with E-state index in [2.05, 4.69) is 34.0 Å². The quantitative estimate of drug-likeness (QED) is 0.471. The van der Waals surface area contributed by atoms with Gasteiger partial charge in [0.15, 0.2) is 5.78 Å². The fraction of sp³-hybridized carbons (Fsp3) is 0.478. The Morgan fingerprint density at radius 1 is 1.14 bits per heavy atom. The van der Waals surface area contributed by atoms with Gasteiger partial charge in [-0.3, -0.25) is 4.79 Å². The second kappa shape index (κ2) is 8.39. The lowest BCUT2D eigenvalue weighted by Gasteiger charge is -2.35. The van der Waals surface area contributed by atoms with Crippen LogP contribution in [0.3, 0.4) is 0 Å². The highest BCUT2D eigenvalue weighted by molar-refractivity contribution is 14.1. The molecule has 0 radical (unpaired) electrons. The van der Waals surface area contributed by atoms with Crippen LogP contribution in [-0.2, 0) is 14.3 Å². The van der Waals surface area contributed by atoms with E-state index in [1.807, 2.05) is 25.1 Å². The minimum Gasteiger partial charge on any atom is -0.459 e. The summed E-state index contributed by atoms with van der Waals surface area (Å²) in [6.45, 7) is 1.93. The van der Waals surface area contributed by atoms with E-state index in [1.165, 1.54) is 6.42 Å². The normalized spacial score (nSPS) is 23.4. The van der Waals surface area contributed by atoms with Crippen LogP contribution < -0.4 is 5.32 Å². The summed E-state index contributed by atoms with van der Waals surface area (Å²) in [6, 6.07) is 8.11. The monoisotopic (exact) mass is 491 g/mol. The van der Waals surface area contributed by atoms with Crippen LogP contribution in [-0.4, -0.2) is 17.9 Å². The molecule has 0 saturated heterocycles. The molecule has 1 aliphatic heterocycles. The molecule has 0 bridgehead atoms. The molecule has 5 heteroatoms. The second-order valence-electron chi connectivity index (χ2n) is 7.99. The van der Waals surface area contributed by atoms with Crippen molar-refractivity contribution in [1.82, 2.24) is 5.32 Å². The van der Waals surface area contributed by atoms with Crippen molar-refractivity contribution in [3.63, 3.8) is 0 Å². The Bertz CT molecular complexity index is 864. The van der Waals surface area contributed by atoms with Crippen molar-refractivity contribution >= 4 is 34.3 Å². The third-order valence-electron chi connectivity index (χ3n) is 6.00. The van der Waals surface area contributed by atoms with E-state index >= 15 is 0 Å². The molecule has 0 amide bonds. The molecule has 1 saturated carbocycles. The summed E-state index contributed by atoms with van der Waals surface area (Å²) in [6.07, 6.45) is 7.57. The fourth-order valence-electron chi connectivity index (χ4n) is 4.67. The van der Waals surface area contributed by atoms with E-state index in [4.69, 9.17) is 4.74 Å². The van der Waals surface area contributed by atoms with Crippen molar-refractivity contribution < 1.29 is 14.3 Å². The largest absolute Gasteiger partial charge is 0.459 e. The molecular formula is C23H26INO3. The number of halogens is 1. The van der Waals surface area contributed by atoms with E-state index in [-0.39, 0.29) is 23.8 Å². The second-order valence-corrected chi connectivity index (χ2v) is 9.23. The van der Waals surface area contributed by atoms with E-state index in [0.29, 0.717) is 12.0 Å². The number of nitrogens with one attached hydrogen (secondary N) is 1. The molecule has 3 aliphatic rings. The Kier molecular flexibility index (Phi) is 5.90. The highest BCUT2D eigenvalue weighted by atomic mass is 127. The van der Waals surface area contributed by atoms with Crippen LogP contribution >= 0.6 is 22.6 Å². The van der Waals surface area contributed by atoms with Gasteiger partial charge in [-0.15, -0.1) is 0 Å². The maximum atomic E-state index is 13.3. The van der Waals surface area contributed by atoms with Gasteiger partial charge in [0.25, 0.3) is 0 Å². The molecule has 1 atom stereocenters. The van der Waals surface area contributed by atoms with Gasteiger partial charge in [0.05, 0.1) is 5.57 Å². The van der Waals surface area contributed by atoms with Crippen LogP contribution in [0.15, 0.2) is 46.8 Å². The van der Waals surface area contributed by atoms with Crippen LogP contribution in [0.1, 0.15) is 69.8 Å². The molecule has 1 fully saturated rings.